The van der Waals surface area contributed by atoms with Gasteiger partial charge >= 0.3 is 0 Å². The van der Waals surface area contributed by atoms with E-state index < -0.39 is 5.82 Å². The van der Waals surface area contributed by atoms with Gasteiger partial charge in [-0.15, -0.1) is 0 Å². The van der Waals surface area contributed by atoms with Gasteiger partial charge in [-0.2, -0.15) is 5.26 Å². The summed E-state index contributed by atoms with van der Waals surface area (Å²) in [5.41, 5.74) is 1.67. The Bertz CT molecular complexity index is 637. The highest BCUT2D eigenvalue weighted by Crippen LogP contribution is 2.45. The summed E-state index contributed by atoms with van der Waals surface area (Å²) in [5, 5.41) is 9.71. The molecule has 86 valence electrons. The van der Waals surface area contributed by atoms with Gasteiger partial charge < -0.3 is 4.42 Å². The summed E-state index contributed by atoms with van der Waals surface area (Å²) in [6.45, 7) is 0. The van der Waals surface area contributed by atoms with Crippen LogP contribution in [-0.2, 0) is 0 Å². The average molecular weight is 294 g/mol. The van der Waals surface area contributed by atoms with Gasteiger partial charge in [0.2, 0.25) is 0 Å². The Morgan fingerprint density at radius 1 is 1.41 bits per heavy atom. The minimum absolute atomic E-state index is 0.0753. The Balaban J connectivity index is 2.27. The number of fused-ring (bicyclic) bond motifs is 1. The van der Waals surface area contributed by atoms with Crippen LogP contribution in [0.1, 0.15) is 36.3 Å². The van der Waals surface area contributed by atoms with Gasteiger partial charge in [0.25, 0.3) is 0 Å². The number of hydrogen-bond acceptors (Lipinski definition) is 2. The number of halogens is 2. The number of hydrogen-bond donors (Lipinski definition) is 0. The molecule has 1 aliphatic carbocycles. The lowest BCUT2D eigenvalue weighted by Gasteiger charge is -2.24. The number of nitrogens with zero attached hydrogens (tertiary/aromatic N) is 1. The zero-order chi connectivity index (χ0) is 12.0. The number of benzene rings is 1. The molecule has 3 rings (SSSR count). The summed E-state index contributed by atoms with van der Waals surface area (Å²) in [5.74, 6) is -0.0518. The zero-order valence-electron chi connectivity index (χ0n) is 8.96. The average Bonchev–Trinajstić information content (AvgIpc) is 2.52. The van der Waals surface area contributed by atoms with Crippen LogP contribution in [0.3, 0.4) is 0 Å². The molecule has 4 heteroatoms. The van der Waals surface area contributed by atoms with Crippen LogP contribution in [-0.4, -0.2) is 0 Å². The lowest BCUT2D eigenvalue weighted by atomic mass is 9.80. The van der Waals surface area contributed by atoms with E-state index in [1.54, 1.807) is 6.07 Å². The molecule has 1 heterocycles. The maximum Gasteiger partial charge on any atom is 0.173 e. The van der Waals surface area contributed by atoms with Crippen molar-refractivity contribution in [2.24, 2.45) is 0 Å². The first-order valence-electron chi connectivity index (χ1n) is 5.52. The molecule has 1 aromatic heterocycles. The van der Waals surface area contributed by atoms with Crippen LogP contribution in [0.4, 0.5) is 4.39 Å². The van der Waals surface area contributed by atoms with E-state index in [4.69, 9.17) is 9.68 Å². The highest BCUT2D eigenvalue weighted by Gasteiger charge is 2.27. The summed E-state index contributed by atoms with van der Waals surface area (Å²) in [6, 6.07) is 4.75. The fourth-order valence-electron chi connectivity index (χ4n) is 2.27. The zero-order valence-corrected chi connectivity index (χ0v) is 10.6. The molecule has 1 aliphatic rings. The quantitative estimate of drug-likeness (QED) is 0.778. The van der Waals surface area contributed by atoms with Crippen molar-refractivity contribution in [1.29, 1.82) is 5.26 Å². The van der Waals surface area contributed by atoms with E-state index in [0.717, 1.165) is 23.8 Å². The molecule has 0 aliphatic heterocycles. The van der Waals surface area contributed by atoms with Crippen molar-refractivity contribution in [3.05, 3.63) is 33.7 Å². The number of rotatable bonds is 1. The van der Waals surface area contributed by atoms with E-state index in [-0.39, 0.29) is 5.56 Å². The van der Waals surface area contributed by atoms with Gasteiger partial charge in [0.05, 0.1) is 5.56 Å². The molecule has 1 saturated carbocycles. The second kappa shape index (κ2) is 3.85. The molecule has 0 spiro atoms. The van der Waals surface area contributed by atoms with Crippen LogP contribution in [0, 0.1) is 17.1 Å². The smallest absolute Gasteiger partial charge is 0.173 e. The van der Waals surface area contributed by atoms with Crippen molar-refractivity contribution < 1.29 is 8.81 Å². The standard InChI is InChI=1S/C13H9BrFNO/c14-13-12(7-2-1-3-7)9-4-8(6-16)10(15)5-11(9)17-13/h4-5,7H,1-3H2. The lowest BCUT2D eigenvalue weighted by Crippen LogP contribution is -2.08. The Kier molecular flexibility index (Phi) is 2.44. The molecule has 2 nitrogen and oxygen atoms in total. The normalized spacial score (nSPS) is 15.8. The van der Waals surface area contributed by atoms with Gasteiger partial charge in [0, 0.05) is 17.0 Å². The molecule has 0 bridgehead atoms. The Hall–Kier alpha value is -1.34. The van der Waals surface area contributed by atoms with E-state index in [9.17, 15) is 4.39 Å². The summed E-state index contributed by atoms with van der Waals surface area (Å²) >= 11 is 3.38. The molecule has 0 atom stereocenters. The number of nitriles is 1. The van der Waals surface area contributed by atoms with E-state index in [1.807, 2.05) is 6.07 Å². The van der Waals surface area contributed by atoms with Crippen molar-refractivity contribution in [1.82, 2.24) is 0 Å². The van der Waals surface area contributed by atoms with Gasteiger partial charge in [-0.25, -0.2) is 4.39 Å². The summed E-state index contributed by atoms with van der Waals surface area (Å²) in [7, 11) is 0. The van der Waals surface area contributed by atoms with Crippen LogP contribution in [0.5, 0.6) is 0 Å². The van der Waals surface area contributed by atoms with Crippen molar-refractivity contribution >= 4 is 26.9 Å². The third-order valence-electron chi connectivity index (χ3n) is 3.40. The maximum atomic E-state index is 13.5. The van der Waals surface area contributed by atoms with Crippen LogP contribution in [0.2, 0.25) is 0 Å². The van der Waals surface area contributed by atoms with Crippen LogP contribution in [0.25, 0.3) is 11.0 Å². The van der Waals surface area contributed by atoms with Gasteiger partial charge in [-0.1, -0.05) is 6.42 Å². The van der Waals surface area contributed by atoms with E-state index in [2.05, 4.69) is 15.9 Å². The minimum Gasteiger partial charge on any atom is -0.449 e. The summed E-state index contributed by atoms with van der Waals surface area (Å²) in [6.07, 6.45) is 3.48. The summed E-state index contributed by atoms with van der Waals surface area (Å²) in [4.78, 5) is 0. The predicted octanol–water partition coefficient (Wildman–Crippen LogP) is 4.47. The van der Waals surface area contributed by atoms with Gasteiger partial charge in [0.1, 0.15) is 17.5 Å². The lowest BCUT2D eigenvalue weighted by molar-refractivity contribution is 0.413. The third-order valence-corrected chi connectivity index (χ3v) is 3.99. The molecular weight excluding hydrogens is 285 g/mol. The van der Waals surface area contributed by atoms with Crippen LogP contribution < -0.4 is 0 Å². The first-order valence-corrected chi connectivity index (χ1v) is 6.31. The Morgan fingerprint density at radius 3 is 2.76 bits per heavy atom. The molecule has 0 saturated heterocycles. The van der Waals surface area contributed by atoms with E-state index in [1.165, 1.54) is 12.5 Å². The van der Waals surface area contributed by atoms with Crippen molar-refractivity contribution in [3.8, 4) is 6.07 Å². The molecule has 1 aromatic carbocycles. The molecule has 0 N–H and O–H groups in total. The first kappa shape index (κ1) is 10.8. The maximum absolute atomic E-state index is 13.5. The Labute approximate surface area is 106 Å². The Morgan fingerprint density at radius 2 is 2.18 bits per heavy atom. The highest BCUT2D eigenvalue weighted by molar-refractivity contribution is 9.10. The van der Waals surface area contributed by atoms with Gasteiger partial charge in [-0.05, 0) is 40.8 Å². The van der Waals surface area contributed by atoms with Crippen molar-refractivity contribution in [2.75, 3.05) is 0 Å². The predicted molar refractivity (Wildman–Crippen MR) is 65.2 cm³/mol. The summed E-state index contributed by atoms with van der Waals surface area (Å²) < 4.78 is 19.6. The molecular formula is C13H9BrFNO. The molecule has 0 amide bonds. The first-order chi connectivity index (χ1) is 8.20. The van der Waals surface area contributed by atoms with E-state index in [0.29, 0.717) is 16.2 Å². The molecule has 17 heavy (non-hydrogen) atoms. The fraction of sp³-hybridized carbons (Fsp3) is 0.308. The van der Waals surface area contributed by atoms with Crippen LogP contribution >= 0.6 is 15.9 Å². The fourth-order valence-corrected chi connectivity index (χ4v) is 2.98. The number of furan rings is 1. The highest BCUT2D eigenvalue weighted by atomic mass is 79.9. The molecule has 2 aromatic rings. The third kappa shape index (κ3) is 1.57. The molecule has 0 unspecified atom stereocenters. The van der Waals surface area contributed by atoms with Crippen LogP contribution in [0.15, 0.2) is 21.2 Å². The molecule has 0 radical (unpaired) electrons. The minimum atomic E-state index is -0.526. The molecule has 1 fully saturated rings. The topological polar surface area (TPSA) is 36.9 Å². The monoisotopic (exact) mass is 293 g/mol. The second-order valence-corrected chi connectivity index (χ2v) is 5.08. The largest absolute Gasteiger partial charge is 0.449 e. The second-order valence-electron chi connectivity index (χ2n) is 4.36. The van der Waals surface area contributed by atoms with Gasteiger partial charge in [0.15, 0.2) is 4.67 Å². The van der Waals surface area contributed by atoms with Crippen molar-refractivity contribution in [3.63, 3.8) is 0 Å². The van der Waals surface area contributed by atoms with Gasteiger partial charge in [-0.3, -0.25) is 0 Å². The SMILES string of the molecule is N#Cc1cc2c(C3CCC3)c(Br)oc2cc1F. The van der Waals surface area contributed by atoms with E-state index >= 15 is 0 Å². The van der Waals surface area contributed by atoms with Crippen molar-refractivity contribution in [2.45, 2.75) is 25.2 Å².